The maximum absolute atomic E-state index is 11.8. The van der Waals surface area contributed by atoms with E-state index in [1.54, 1.807) is 12.1 Å². The van der Waals surface area contributed by atoms with Crippen molar-refractivity contribution >= 4 is 58.3 Å². The van der Waals surface area contributed by atoms with Crippen LogP contribution in [-0.2, 0) is 4.79 Å². The summed E-state index contributed by atoms with van der Waals surface area (Å²) in [5.41, 5.74) is 0. The summed E-state index contributed by atoms with van der Waals surface area (Å²) in [6.07, 6.45) is 1.43. The van der Waals surface area contributed by atoms with E-state index in [0.717, 1.165) is 4.90 Å². The molecule has 104 valence electrons. The van der Waals surface area contributed by atoms with E-state index in [1.807, 2.05) is 12.1 Å². The summed E-state index contributed by atoms with van der Waals surface area (Å²) < 4.78 is 0. The zero-order chi connectivity index (χ0) is 14.5. The molecular formula is C13H9Cl3N2OS. The molecule has 1 aromatic heterocycles. The van der Waals surface area contributed by atoms with E-state index < -0.39 is 0 Å². The third-order valence-corrected chi connectivity index (χ3v) is 4.01. The second-order valence-electron chi connectivity index (χ2n) is 3.77. The monoisotopic (exact) mass is 346 g/mol. The second kappa shape index (κ2) is 7.18. The van der Waals surface area contributed by atoms with Crippen LogP contribution < -0.4 is 5.32 Å². The summed E-state index contributed by atoms with van der Waals surface area (Å²) in [6.45, 7) is 0. The van der Waals surface area contributed by atoms with Crippen molar-refractivity contribution in [2.45, 2.75) is 4.90 Å². The standard InChI is InChI=1S/C13H9Cl3N2OS/c14-8-1-3-10(4-2-8)20-7-12(19)18-13-11(16)5-9(15)6-17-13/h1-6H,7H2,(H,17,18,19). The van der Waals surface area contributed by atoms with Crippen molar-refractivity contribution in [1.82, 2.24) is 4.98 Å². The normalized spacial score (nSPS) is 10.3. The molecule has 1 amide bonds. The Morgan fingerprint density at radius 1 is 1.15 bits per heavy atom. The molecule has 0 fully saturated rings. The molecule has 2 aromatic rings. The lowest BCUT2D eigenvalue weighted by Gasteiger charge is -2.06. The number of carbonyl (C=O) groups excluding carboxylic acids is 1. The maximum atomic E-state index is 11.8. The number of hydrogen-bond donors (Lipinski definition) is 1. The topological polar surface area (TPSA) is 42.0 Å². The van der Waals surface area contributed by atoms with E-state index in [9.17, 15) is 4.79 Å². The first-order valence-corrected chi connectivity index (χ1v) is 7.66. The highest BCUT2D eigenvalue weighted by Crippen LogP contribution is 2.24. The van der Waals surface area contributed by atoms with Gasteiger partial charge < -0.3 is 5.32 Å². The zero-order valence-corrected chi connectivity index (χ0v) is 13.2. The van der Waals surface area contributed by atoms with Gasteiger partial charge in [0, 0.05) is 16.1 Å². The first-order chi connectivity index (χ1) is 9.54. The Balaban J connectivity index is 1.90. The Kier molecular flexibility index (Phi) is 5.54. The van der Waals surface area contributed by atoms with Crippen molar-refractivity contribution in [3.05, 3.63) is 51.6 Å². The SMILES string of the molecule is O=C(CSc1ccc(Cl)cc1)Nc1ncc(Cl)cc1Cl. The number of anilines is 1. The highest BCUT2D eigenvalue weighted by molar-refractivity contribution is 8.00. The molecule has 0 aliphatic rings. The number of hydrogen-bond acceptors (Lipinski definition) is 3. The fourth-order valence-corrected chi connectivity index (χ4v) is 2.61. The summed E-state index contributed by atoms with van der Waals surface area (Å²) in [7, 11) is 0. The molecule has 1 aromatic carbocycles. The molecule has 0 atom stereocenters. The van der Waals surface area contributed by atoms with E-state index in [-0.39, 0.29) is 11.7 Å². The van der Waals surface area contributed by atoms with Gasteiger partial charge in [0.1, 0.15) is 0 Å². The van der Waals surface area contributed by atoms with Crippen molar-refractivity contribution in [2.75, 3.05) is 11.1 Å². The largest absolute Gasteiger partial charge is 0.309 e. The van der Waals surface area contributed by atoms with Gasteiger partial charge in [-0.2, -0.15) is 0 Å². The highest BCUT2D eigenvalue weighted by Gasteiger charge is 2.08. The van der Waals surface area contributed by atoms with Gasteiger partial charge in [0.2, 0.25) is 5.91 Å². The lowest BCUT2D eigenvalue weighted by Crippen LogP contribution is -2.15. The second-order valence-corrected chi connectivity index (χ2v) is 6.10. The van der Waals surface area contributed by atoms with Crippen LogP contribution in [0.5, 0.6) is 0 Å². The van der Waals surface area contributed by atoms with Crippen LogP contribution in [0.2, 0.25) is 15.1 Å². The van der Waals surface area contributed by atoms with Gasteiger partial charge in [0.05, 0.1) is 15.8 Å². The molecular weight excluding hydrogens is 339 g/mol. The molecule has 0 radical (unpaired) electrons. The highest BCUT2D eigenvalue weighted by atomic mass is 35.5. The summed E-state index contributed by atoms with van der Waals surface area (Å²) >= 11 is 18.8. The van der Waals surface area contributed by atoms with Crippen LogP contribution in [0.15, 0.2) is 41.4 Å². The number of aromatic nitrogens is 1. The van der Waals surface area contributed by atoms with Crippen LogP contribution in [-0.4, -0.2) is 16.6 Å². The average Bonchev–Trinajstić information content (AvgIpc) is 2.41. The van der Waals surface area contributed by atoms with Crippen molar-refractivity contribution in [2.24, 2.45) is 0 Å². The number of nitrogens with zero attached hydrogens (tertiary/aromatic N) is 1. The molecule has 1 N–H and O–H groups in total. The molecule has 2 rings (SSSR count). The van der Waals surface area contributed by atoms with Crippen LogP contribution in [0.1, 0.15) is 0 Å². The summed E-state index contributed by atoms with van der Waals surface area (Å²) in [5.74, 6) is 0.363. The van der Waals surface area contributed by atoms with Crippen LogP contribution in [0.3, 0.4) is 0 Å². The Morgan fingerprint density at radius 2 is 1.85 bits per heavy atom. The number of rotatable bonds is 4. The minimum atomic E-state index is -0.193. The zero-order valence-electron chi connectivity index (χ0n) is 10.1. The van der Waals surface area contributed by atoms with Crippen LogP contribution in [0, 0.1) is 0 Å². The number of benzene rings is 1. The third kappa shape index (κ3) is 4.56. The van der Waals surface area contributed by atoms with E-state index in [4.69, 9.17) is 34.8 Å². The first kappa shape index (κ1) is 15.4. The Labute approximate surface area is 135 Å². The van der Waals surface area contributed by atoms with Crippen molar-refractivity contribution < 1.29 is 4.79 Å². The lowest BCUT2D eigenvalue weighted by atomic mass is 10.4. The predicted molar refractivity (Wildman–Crippen MR) is 85.1 cm³/mol. The molecule has 0 spiro atoms. The number of amides is 1. The number of thioether (sulfide) groups is 1. The van der Waals surface area contributed by atoms with Gasteiger partial charge in [-0.25, -0.2) is 4.98 Å². The van der Waals surface area contributed by atoms with Crippen molar-refractivity contribution in [3.8, 4) is 0 Å². The Morgan fingerprint density at radius 3 is 2.50 bits per heavy atom. The minimum absolute atomic E-state index is 0.193. The Bertz CT molecular complexity index is 620. The third-order valence-electron chi connectivity index (χ3n) is 2.25. The van der Waals surface area contributed by atoms with E-state index in [0.29, 0.717) is 20.9 Å². The summed E-state index contributed by atoms with van der Waals surface area (Å²) in [6, 6.07) is 8.79. The van der Waals surface area contributed by atoms with E-state index >= 15 is 0 Å². The molecule has 3 nitrogen and oxygen atoms in total. The maximum Gasteiger partial charge on any atom is 0.235 e. The van der Waals surface area contributed by atoms with Crippen molar-refractivity contribution in [1.29, 1.82) is 0 Å². The molecule has 0 saturated heterocycles. The van der Waals surface area contributed by atoms with Crippen LogP contribution in [0.25, 0.3) is 0 Å². The van der Waals surface area contributed by atoms with Crippen molar-refractivity contribution in [3.63, 3.8) is 0 Å². The van der Waals surface area contributed by atoms with Gasteiger partial charge in [-0.1, -0.05) is 34.8 Å². The quantitative estimate of drug-likeness (QED) is 0.810. The number of halogens is 3. The molecule has 20 heavy (non-hydrogen) atoms. The van der Waals surface area contributed by atoms with Gasteiger partial charge in [-0.3, -0.25) is 4.79 Å². The van der Waals surface area contributed by atoms with Gasteiger partial charge in [0.25, 0.3) is 0 Å². The molecule has 0 saturated carbocycles. The summed E-state index contributed by atoms with van der Waals surface area (Å²) in [4.78, 5) is 16.7. The molecule has 0 aliphatic heterocycles. The fraction of sp³-hybridized carbons (Fsp3) is 0.0769. The van der Waals surface area contributed by atoms with Gasteiger partial charge >= 0.3 is 0 Å². The van der Waals surface area contributed by atoms with Gasteiger partial charge in [0.15, 0.2) is 5.82 Å². The van der Waals surface area contributed by atoms with Crippen LogP contribution >= 0.6 is 46.6 Å². The number of pyridine rings is 1. The Hall–Kier alpha value is -0.940. The summed E-state index contributed by atoms with van der Waals surface area (Å²) in [5, 5.41) is 4.02. The number of nitrogens with one attached hydrogen (secondary N) is 1. The first-order valence-electron chi connectivity index (χ1n) is 5.54. The fourth-order valence-electron chi connectivity index (χ4n) is 1.35. The van der Waals surface area contributed by atoms with Gasteiger partial charge in [-0.05, 0) is 30.3 Å². The molecule has 0 unspecified atom stereocenters. The average molecular weight is 348 g/mol. The molecule has 7 heteroatoms. The van der Waals surface area contributed by atoms with Crippen LogP contribution in [0.4, 0.5) is 5.82 Å². The van der Waals surface area contributed by atoms with E-state index in [1.165, 1.54) is 24.0 Å². The molecule has 0 aliphatic carbocycles. The number of carbonyl (C=O) groups is 1. The molecule has 1 heterocycles. The van der Waals surface area contributed by atoms with Gasteiger partial charge in [-0.15, -0.1) is 11.8 Å². The molecule has 0 bridgehead atoms. The predicted octanol–water partition coefficient (Wildman–Crippen LogP) is 4.77. The smallest absolute Gasteiger partial charge is 0.235 e. The minimum Gasteiger partial charge on any atom is -0.309 e. The van der Waals surface area contributed by atoms with E-state index in [2.05, 4.69) is 10.3 Å². The lowest BCUT2D eigenvalue weighted by molar-refractivity contribution is -0.113.